The molecule has 1 aromatic carbocycles. The Morgan fingerprint density at radius 3 is 2.62 bits per heavy atom. The van der Waals surface area contributed by atoms with Crippen molar-refractivity contribution in [3.63, 3.8) is 0 Å². The van der Waals surface area contributed by atoms with Crippen LogP contribution < -0.4 is 15.8 Å². The number of alkyl halides is 2. The predicted octanol–water partition coefficient (Wildman–Crippen LogP) is 5.03. The van der Waals surface area contributed by atoms with Crippen LogP contribution in [0.1, 0.15) is 87.1 Å². The van der Waals surface area contributed by atoms with E-state index in [-0.39, 0.29) is 18.9 Å². The summed E-state index contributed by atoms with van der Waals surface area (Å²) in [6.07, 6.45) is 16.7. The smallest absolute Gasteiger partial charge is 0.261 e. The highest BCUT2D eigenvalue weighted by molar-refractivity contribution is 5.95. The maximum atomic E-state index is 13.4. The highest BCUT2D eigenvalue weighted by atomic mass is 19.3. The van der Waals surface area contributed by atoms with Crippen molar-refractivity contribution in [3.8, 4) is 0 Å². The Kier molecular flexibility index (Phi) is 8.44. The topological polar surface area (TPSA) is 32.3 Å². The summed E-state index contributed by atoms with van der Waals surface area (Å²) < 4.78 is 26.8. The van der Waals surface area contributed by atoms with Gasteiger partial charge in [-0.1, -0.05) is 63.7 Å². The lowest BCUT2D eigenvalue weighted by Crippen LogP contribution is -2.37. The first kappa shape index (κ1) is 25.3. The number of nitrogens with zero attached hydrogens (tertiary/aromatic N) is 1. The molecule has 1 amide bonds. The summed E-state index contributed by atoms with van der Waals surface area (Å²) in [5, 5.41) is 5.40. The second-order valence-electron chi connectivity index (χ2n) is 11.1. The number of benzene rings is 1. The second kappa shape index (κ2) is 11.3. The minimum atomic E-state index is -2.59. The Bertz CT molecular complexity index is 965. The van der Waals surface area contributed by atoms with Crippen LogP contribution in [0.5, 0.6) is 0 Å². The Morgan fingerprint density at radius 1 is 1.15 bits per heavy atom. The Morgan fingerprint density at radius 2 is 1.91 bits per heavy atom. The highest BCUT2D eigenvalue weighted by Crippen LogP contribution is 2.31. The molecular weight excluding hydrogens is 430 g/mol. The van der Waals surface area contributed by atoms with Gasteiger partial charge in [0.25, 0.3) is 11.8 Å². The van der Waals surface area contributed by atoms with Gasteiger partial charge in [0.05, 0.1) is 6.54 Å². The maximum absolute atomic E-state index is 13.4. The molecule has 1 saturated carbocycles. The van der Waals surface area contributed by atoms with Crippen molar-refractivity contribution in [1.82, 2.24) is 10.2 Å². The molecule has 2 unspecified atom stereocenters. The van der Waals surface area contributed by atoms with Gasteiger partial charge >= 0.3 is 0 Å². The lowest BCUT2D eigenvalue weighted by molar-refractivity contribution is 0.0124. The van der Waals surface area contributed by atoms with Gasteiger partial charge in [0.1, 0.15) is 0 Å². The van der Waals surface area contributed by atoms with Crippen molar-refractivity contribution >= 4 is 18.1 Å². The van der Waals surface area contributed by atoms with Crippen molar-refractivity contribution in [3.05, 3.63) is 33.7 Å². The molecule has 1 saturated heterocycles. The van der Waals surface area contributed by atoms with Gasteiger partial charge in [-0.05, 0) is 66.0 Å². The summed E-state index contributed by atoms with van der Waals surface area (Å²) in [6.45, 7) is 5.46. The number of halogens is 2. The summed E-state index contributed by atoms with van der Waals surface area (Å²) in [5.41, 5.74) is 1.74. The number of likely N-dealkylation sites (tertiary alicyclic amines) is 1. The predicted molar refractivity (Wildman–Crippen MR) is 135 cm³/mol. The van der Waals surface area contributed by atoms with E-state index in [2.05, 4.69) is 37.4 Å². The van der Waals surface area contributed by atoms with Crippen LogP contribution in [0.15, 0.2) is 12.1 Å². The molecule has 34 heavy (non-hydrogen) atoms. The molecule has 1 N–H and O–H groups in total. The number of amides is 1. The molecule has 2 aliphatic carbocycles. The van der Waals surface area contributed by atoms with Crippen molar-refractivity contribution in [2.45, 2.75) is 84.0 Å². The SMILES string of the molecule is Cc1c(C(=O)NCCN2CCC(F)(F)C2)ccc2c1=CC(CCC1CCCCCC1)C(C)CC=2. The molecule has 188 valence electrons. The van der Waals surface area contributed by atoms with E-state index in [0.717, 1.165) is 17.9 Å². The molecule has 0 aromatic heterocycles. The van der Waals surface area contributed by atoms with Gasteiger partial charge in [-0.3, -0.25) is 9.69 Å². The molecular formula is C29H42F2N2O. The summed E-state index contributed by atoms with van der Waals surface area (Å²) in [6, 6.07) is 4.00. The first-order valence-corrected chi connectivity index (χ1v) is 13.5. The average molecular weight is 473 g/mol. The van der Waals surface area contributed by atoms with E-state index < -0.39 is 5.92 Å². The number of carbonyl (C=O) groups is 1. The summed E-state index contributed by atoms with van der Waals surface area (Å²) in [7, 11) is 0. The van der Waals surface area contributed by atoms with Crippen LogP contribution in [0.4, 0.5) is 8.78 Å². The fourth-order valence-electron chi connectivity index (χ4n) is 6.13. The fourth-order valence-corrected chi connectivity index (χ4v) is 6.13. The van der Waals surface area contributed by atoms with Crippen LogP contribution in [0.3, 0.4) is 0 Å². The summed E-state index contributed by atoms with van der Waals surface area (Å²) >= 11 is 0. The van der Waals surface area contributed by atoms with E-state index in [1.54, 1.807) is 4.90 Å². The van der Waals surface area contributed by atoms with E-state index in [9.17, 15) is 13.6 Å². The number of fused-ring (bicyclic) bond motifs is 1. The number of hydrogen-bond donors (Lipinski definition) is 1. The number of nitrogens with one attached hydrogen (secondary N) is 1. The molecule has 1 aliphatic heterocycles. The van der Waals surface area contributed by atoms with Crippen LogP contribution >= 0.6 is 0 Å². The minimum Gasteiger partial charge on any atom is -0.351 e. The van der Waals surface area contributed by atoms with E-state index in [1.807, 2.05) is 6.07 Å². The molecule has 1 heterocycles. The van der Waals surface area contributed by atoms with Gasteiger partial charge in [-0.2, -0.15) is 0 Å². The second-order valence-corrected chi connectivity index (χ2v) is 11.1. The molecule has 5 heteroatoms. The highest BCUT2D eigenvalue weighted by Gasteiger charge is 2.37. The molecule has 2 atom stereocenters. The average Bonchev–Trinajstić information content (AvgIpc) is 2.97. The fraction of sp³-hybridized carbons (Fsp3) is 0.690. The molecule has 1 aromatic rings. The third-order valence-electron chi connectivity index (χ3n) is 8.46. The maximum Gasteiger partial charge on any atom is 0.261 e. The van der Waals surface area contributed by atoms with E-state index in [4.69, 9.17) is 0 Å². The van der Waals surface area contributed by atoms with Gasteiger partial charge in [0.15, 0.2) is 0 Å². The van der Waals surface area contributed by atoms with E-state index in [0.29, 0.717) is 37.0 Å². The van der Waals surface area contributed by atoms with Crippen molar-refractivity contribution in [1.29, 1.82) is 0 Å². The van der Waals surface area contributed by atoms with Crippen LogP contribution in [0, 0.1) is 24.7 Å². The van der Waals surface area contributed by atoms with Crippen molar-refractivity contribution in [2.75, 3.05) is 26.2 Å². The lowest BCUT2D eigenvalue weighted by atomic mass is 9.83. The Labute approximate surface area is 203 Å². The van der Waals surface area contributed by atoms with Gasteiger partial charge < -0.3 is 5.32 Å². The molecule has 2 fully saturated rings. The van der Waals surface area contributed by atoms with Gasteiger partial charge in [0, 0.05) is 31.6 Å². The largest absolute Gasteiger partial charge is 0.351 e. The zero-order valence-corrected chi connectivity index (χ0v) is 21.1. The first-order valence-electron chi connectivity index (χ1n) is 13.5. The van der Waals surface area contributed by atoms with Gasteiger partial charge in [0.2, 0.25) is 0 Å². The van der Waals surface area contributed by atoms with Crippen LogP contribution in [0.25, 0.3) is 12.2 Å². The zero-order valence-electron chi connectivity index (χ0n) is 21.1. The van der Waals surface area contributed by atoms with Gasteiger partial charge in [-0.15, -0.1) is 0 Å². The minimum absolute atomic E-state index is 0.0858. The number of hydrogen-bond acceptors (Lipinski definition) is 2. The van der Waals surface area contributed by atoms with Crippen molar-refractivity contribution < 1.29 is 13.6 Å². The third-order valence-corrected chi connectivity index (χ3v) is 8.46. The van der Waals surface area contributed by atoms with E-state index in [1.165, 1.54) is 61.8 Å². The molecule has 3 nitrogen and oxygen atoms in total. The zero-order chi connectivity index (χ0) is 24.1. The first-order chi connectivity index (χ1) is 16.3. The Hall–Kier alpha value is -1.75. The summed E-state index contributed by atoms with van der Waals surface area (Å²) in [4.78, 5) is 14.7. The van der Waals surface area contributed by atoms with Gasteiger partial charge in [-0.25, -0.2) is 8.78 Å². The summed E-state index contributed by atoms with van der Waals surface area (Å²) in [5.74, 6) is -0.674. The number of rotatable bonds is 7. The quantitative estimate of drug-likeness (QED) is 0.565. The molecule has 0 spiro atoms. The molecule has 0 bridgehead atoms. The van der Waals surface area contributed by atoms with Crippen LogP contribution in [0.2, 0.25) is 0 Å². The van der Waals surface area contributed by atoms with E-state index >= 15 is 0 Å². The van der Waals surface area contributed by atoms with Crippen molar-refractivity contribution in [2.24, 2.45) is 17.8 Å². The Balaban J connectivity index is 1.43. The third kappa shape index (κ3) is 6.47. The molecule has 0 radical (unpaired) electrons. The standard InChI is InChI=1S/C29H42F2N2O/c1-21-9-11-24-13-14-26(28(34)32-16-18-33-17-15-29(30,31)20-33)22(2)27(24)19-25(21)12-10-23-7-5-3-4-6-8-23/h11,13-14,19,21,23,25H,3-10,12,15-18,20H2,1-2H3,(H,32,34). The monoisotopic (exact) mass is 472 g/mol. The van der Waals surface area contributed by atoms with Crippen LogP contribution in [-0.2, 0) is 0 Å². The van der Waals surface area contributed by atoms with Crippen LogP contribution in [-0.4, -0.2) is 42.9 Å². The number of carbonyl (C=O) groups excluding carboxylic acids is 1. The lowest BCUT2D eigenvalue weighted by Gasteiger charge is -2.22. The molecule has 3 aliphatic rings. The molecule has 4 rings (SSSR count). The normalized spacial score (nSPS) is 25.5.